The molecule has 0 aliphatic rings. The number of nitrogens with zero attached hydrogens (tertiary/aromatic N) is 1. The summed E-state index contributed by atoms with van der Waals surface area (Å²) in [4.78, 5) is 12.1. The molecular weight excluding hydrogens is 342 g/mol. The van der Waals surface area contributed by atoms with Crippen molar-refractivity contribution in [2.24, 2.45) is 0 Å². The van der Waals surface area contributed by atoms with E-state index in [1.54, 1.807) is 30.3 Å². The van der Waals surface area contributed by atoms with Crippen molar-refractivity contribution in [3.8, 4) is 6.07 Å². The van der Waals surface area contributed by atoms with Crippen LogP contribution in [0.1, 0.15) is 15.9 Å². The number of carbonyl (C=O) groups is 1. The molecule has 20 heavy (non-hydrogen) atoms. The molecule has 100 valence electrons. The second-order valence-corrected chi connectivity index (χ2v) is 5.36. The fourth-order valence-electron chi connectivity index (χ4n) is 1.63. The maximum atomic E-state index is 12.1. The zero-order valence-electron chi connectivity index (χ0n) is 10.2. The van der Waals surface area contributed by atoms with E-state index in [0.717, 1.165) is 0 Å². The number of halogens is 2. The Hall–Kier alpha value is -2.03. The van der Waals surface area contributed by atoms with Gasteiger partial charge in [-0.05, 0) is 36.4 Å². The molecule has 0 radical (unpaired) electrons. The smallest absolute Gasteiger partial charge is 0.255 e. The van der Waals surface area contributed by atoms with Crippen molar-refractivity contribution in [2.75, 3.05) is 11.1 Å². The van der Waals surface area contributed by atoms with E-state index in [-0.39, 0.29) is 5.91 Å². The minimum atomic E-state index is -0.352. The number of anilines is 2. The van der Waals surface area contributed by atoms with Crippen LogP contribution in [0.15, 0.2) is 40.9 Å². The Morgan fingerprint density at radius 1 is 1.30 bits per heavy atom. The molecule has 2 aromatic rings. The van der Waals surface area contributed by atoms with E-state index in [9.17, 15) is 4.79 Å². The SMILES string of the molecule is N#Cc1ccc(Cl)c(NC(=O)c2cc(N)cc(Br)c2)c1. The van der Waals surface area contributed by atoms with Crippen LogP contribution in [0.25, 0.3) is 0 Å². The number of rotatable bonds is 2. The van der Waals surface area contributed by atoms with Crippen molar-refractivity contribution in [3.63, 3.8) is 0 Å². The summed E-state index contributed by atoms with van der Waals surface area (Å²) in [5.41, 5.74) is 7.36. The molecule has 6 heteroatoms. The lowest BCUT2D eigenvalue weighted by molar-refractivity contribution is 0.102. The van der Waals surface area contributed by atoms with Crippen molar-refractivity contribution < 1.29 is 4.79 Å². The van der Waals surface area contributed by atoms with Crippen LogP contribution in [-0.2, 0) is 0 Å². The molecule has 0 aliphatic carbocycles. The minimum absolute atomic E-state index is 0.352. The zero-order chi connectivity index (χ0) is 14.7. The van der Waals surface area contributed by atoms with Crippen molar-refractivity contribution in [3.05, 3.63) is 57.0 Å². The largest absolute Gasteiger partial charge is 0.399 e. The molecule has 0 saturated heterocycles. The molecule has 1 amide bonds. The van der Waals surface area contributed by atoms with E-state index < -0.39 is 0 Å². The second kappa shape index (κ2) is 5.95. The molecule has 0 atom stereocenters. The predicted octanol–water partition coefficient (Wildman–Crippen LogP) is 3.81. The van der Waals surface area contributed by atoms with Crippen molar-refractivity contribution >= 4 is 44.8 Å². The van der Waals surface area contributed by atoms with Gasteiger partial charge >= 0.3 is 0 Å². The van der Waals surface area contributed by atoms with Crippen LogP contribution in [0.5, 0.6) is 0 Å². The number of nitrogens with one attached hydrogen (secondary N) is 1. The standard InChI is InChI=1S/C14H9BrClN3O/c15-10-4-9(5-11(18)6-10)14(20)19-13-3-8(7-17)1-2-12(13)16/h1-6H,18H2,(H,19,20). The minimum Gasteiger partial charge on any atom is -0.399 e. The van der Waals surface area contributed by atoms with E-state index in [0.29, 0.717) is 32.0 Å². The number of hydrogen-bond acceptors (Lipinski definition) is 3. The third kappa shape index (κ3) is 3.29. The first-order valence-electron chi connectivity index (χ1n) is 5.56. The molecule has 0 fully saturated rings. The predicted molar refractivity (Wildman–Crippen MR) is 82.7 cm³/mol. The summed E-state index contributed by atoms with van der Waals surface area (Å²) in [5.74, 6) is -0.352. The first-order valence-corrected chi connectivity index (χ1v) is 6.74. The van der Waals surface area contributed by atoms with E-state index in [2.05, 4.69) is 21.2 Å². The first kappa shape index (κ1) is 14.4. The van der Waals surface area contributed by atoms with Gasteiger partial charge in [0.05, 0.1) is 22.3 Å². The van der Waals surface area contributed by atoms with Crippen LogP contribution in [0.4, 0.5) is 11.4 Å². The van der Waals surface area contributed by atoms with Crippen LogP contribution < -0.4 is 11.1 Å². The summed E-state index contributed by atoms with van der Waals surface area (Å²) in [6, 6.07) is 11.5. The third-order valence-electron chi connectivity index (χ3n) is 2.53. The number of nitrogens with two attached hydrogens (primary N) is 1. The van der Waals surface area contributed by atoms with Gasteiger partial charge in [-0.25, -0.2) is 0 Å². The zero-order valence-corrected chi connectivity index (χ0v) is 12.5. The number of nitriles is 1. The molecule has 0 aromatic heterocycles. The normalized spacial score (nSPS) is 9.85. The van der Waals surface area contributed by atoms with Crippen molar-refractivity contribution in [1.82, 2.24) is 0 Å². The van der Waals surface area contributed by atoms with Gasteiger partial charge in [0.25, 0.3) is 5.91 Å². The second-order valence-electron chi connectivity index (χ2n) is 4.03. The molecule has 0 aliphatic heterocycles. The average Bonchev–Trinajstić information content (AvgIpc) is 2.40. The Bertz CT molecular complexity index is 705. The van der Waals surface area contributed by atoms with Crippen LogP contribution in [0.2, 0.25) is 5.02 Å². The lowest BCUT2D eigenvalue weighted by Gasteiger charge is -2.08. The van der Waals surface area contributed by atoms with Crippen molar-refractivity contribution in [2.45, 2.75) is 0 Å². The molecule has 0 unspecified atom stereocenters. The van der Waals surface area contributed by atoms with Gasteiger partial charge in [0.15, 0.2) is 0 Å². The summed E-state index contributed by atoms with van der Waals surface area (Å²) in [6.07, 6.45) is 0. The monoisotopic (exact) mass is 349 g/mol. The maximum absolute atomic E-state index is 12.1. The van der Waals surface area contributed by atoms with Gasteiger partial charge in [-0.3, -0.25) is 4.79 Å². The summed E-state index contributed by atoms with van der Waals surface area (Å²) >= 11 is 9.26. The Balaban J connectivity index is 2.30. The number of hydrogen-bond donors (Lipinski definition) is 2. The lowest BCUT2D eigenvalue weighted by atomic mass is 10.1. The number of amides is 1. The first-order chi connectivity index (χ1) is 9.49. The molecule has 0 bridgehead atoms. The van der Waals surface area contributed by atoms with E-state index in [1.807, 2.05) is 6.07 Å². The van der Waals surface area contributed by atoms with Crippen LogP contribution >= 0.6 is 27.5 Å². The summed E-state index contributed by atoms with van der Waals surface area (Å²) in [5, 5.41) is 11.9. The Kier molecular flexibility index (Phi) is 4.28. The van der Waals surface area contributed by atoms with Gasteiger partial charge in [-0.2, -0.15) is 5.26 Å². The molecule has 3 N–H and O–H groups in total. The highest BCUT2D eigenvalue weighted by atomic mass is 79.9. The maximum Gasteiger partial charge on any atom is 0.255 e. The Morgan fingerprint density at radius 3 is 2.70 bits per heavy atom. The molecule has 0 saturated carbocycles. The highest BCUT2D eigenvalue weighted by molar-refractivity contribution is 9.10. The Morgan fingerprint density at radius 2 is 2.05 bits per heavy atom. The molecule has 4 nitrogen and oxygen atoms in total. The van der Waals surface area contributed by atoms with E-state index in [4.69, 9.17) is 22.6 Å². The van der Waals surface area contributed by atoms with Gasteiger partial charge in [0.1, 0.15) is 0 Å². The van der Waals surface area contributed by atoms with E-state index >= 15 is 0 Å². The summed E-state index contributed by atoms with van der Waals surface area (Å²) < 4.78 is 0.708. The van der Waals surface area contributed by atoms with Gasteiger partial charge in [-0.1, -0.05) is 27.5 Å². The average molecular weight is 351 g/mol. The van der Waals surface area contributed by atoms with Crippen LogP contribution in [-0.4, -0.2) is 5.91 Å². The van der Waals surface area contributed by atoms with E-state index in [1.165, 1.54) is 6.07 Å². The molecule has 0 spiro atoms. The third-order valence-corrected chi connectivity index (χ3v) is 3.31. The molecule has 2 aromatic carbocycles. The number of carbonyl (C=O) groups excluding carboxylic acids is 1. The topological polar surface area (TPSA) is 78.9 Å². The highest BCUT2D eigenvalue weighted by Crippen LogP contribution is 2.24. The van der Waals surface area contributed by atoms with Crippen molar-refractivity contribution in [1.29, 1.82) is 5.26 Å². The summed E-state index contributed by atoms with van der Waals surface area (Å²) in [6.45, 7) is 0. The fourth-order valence-corrected chi connectivity index (χ4v) is 2.30. The summed E-state index contributed by atoms with van der Waals surface area (Å²) in [7, 11) is 0. The van der Waals surface area contributed by atoms with Gasteiger partial charge in [0.2, 0.25) is 0 Å². The van der Waals surface area contributed by atoms with Crippen LogP contribution in [0.3, 0.4) is 0 Å². The van der Waals surface area contributed by atoms with Gasteiger partial charge in [0, 0.05) is 15.7 Å². The fraction of sp³-hybridized carbons (Fsp3) is 0. The van der Waals surface area contributed by atoms with Gasteiger partial charge in [-0.15, -0.1) is 0 Å². The number of nitrogen functional groups attached to an aromatic ring is 1. The quantitative estimate of drug-likeness (QED) is 0.808. The Labute approximate surface area is 129 Å². The molecule has 0 heterocycles. The lowest BCUT2D eigenvalue weighted by Crippen LogP contribution is -2.12. The highest BCUT2D eigenvalue weighted by Gasteiger charge is 2.10. The van der Waals surface area contributed by atoms with Gasteiger partial charge < -0.3 is 11.1 Å². The van der Waals surface area contributed by atoms with Crippen LogP contribution in [0, 0.1) is 11.3 Å². The number of benzene rings is 2. The molecule has 2 rings (SSSR count). The molecular formula is C14H9BrClN3O.